The zero-order valence-corrected chi connectivity index (χ0v) is 24.3. The first-order chi connectivity index (χ1) is 19.7. The van der Waals surface area contributed by atoms with Crippen LogP contribution in [0, 0.1) is 12.8 Å². The number of anilines is 1. The fourth-order valence-electron chi connectivity index (χ4n) is 5.67. The fourth-order valence-corrected chi connectivity index (χ4v) is 5.83. The highest BCUT2D eigenvalue weighted by molar-refractivity contribution is 6.31. The molecule has 7 nitrogen and oxygen atoms in total. The minimum absolute atomic E-state index is 0.145. The Bertz CT molecular complexity index is 1590. The molecule has 2 heterocycles. The summed E-state index contributed by atoms with van der Waals surface area (Å²) in [5.41, 5.74) is 6.12. The van der Waals surface area contributed by atoms with Gasteiger partial charge in [0.05, 0.1) is 24.0 Å². The number of rotatable bonds is 8. The molecule has 41 heavy (non-hydrogen) atoms. The molecule has 1 aliphatic heterocycles. The molecule has 0 bridgehead atoms. The number of carbonyl (C=O) groups excluding carboxylic acids is 1. The Labute approximate surface area is 245 Å². The van der Waals surface area contributed by atoms with Crippen LogP contribution in [0.1, 0.15) is 48.4 Å². The van der Waals surface area contributed by atoms with E-state index in [9.17, 15) is 9.90 Å². The van der Waals surface area contributed by atoms with E-state index >= 15 is 0 Å². The van der Waals surface area contributed by atoms with E-state index < -0.39 is 5.60 Å². The number of ether oxygens (including phenoxy) is 2. The molecule has 1 amide bonds. The number of carbonyl (C=O) groups is 1. The number of amides is 1. The first kappa shape index (κ1) is 27.4. The third-order valence-corrected chi connectivity index (χ3v) is 8.42. The van der Waals surface area contributed by atoms with Crippen LogP contribution in [0.15, 0.2) is 73.1 Å². The normalized spacial score (nSPS) is 17.5. The predicted octanol–water partition coefficient (Wildman–Crippen LogP) is 6.93. The number of fused-ring (bicyclic) bond motifs is 3. The topological polar surface area (TPSA) is 76.8 Å². The number of hydrogen-bond acceptors (Lipinski definition) is 5. The Kier molecular flexibility index (Phi) is 7.26. The van der Waals surface area contributed by atoms with E-state index in [1.807, 2.05) is 72.4 Å². The molecule has 2 atom stereocenters. The average Bonchev–Trinajstić information content (AvgIpc) is 3.60. The minimum atomic E-state index is -0.898. The second kappa shape index (κ2) is 10.9. The Balaban J connectivity index is 1.16. The highest BCUT2D eigenvalue weighted by Crippen LogP contribution is 2.57. The van der Waals surface area contributed by atoms with Gasteiger partial charge in [-0.2, -0.15) is 5.10 Å². The maximum Gasteiger partial charge on any atom is 0.414 e. The van der Waals surface area contributed by atoms with Crippen LogP contribution in [0.25, 0.3) is 11.1 Å². The lowest BCUT2D eigenvalue weighted by Gasteiger charge is -2.29. The van der Waals surface area contributed by atoms with Crippen molar-refractivity contribution < 1.29 is 19.4 Å². The second-order valence-electron chi connectivity index (χ2n) is 11.5. The monoisotopic (exact) mass is 571 g/mol. The molecule has 1 aliphatic carbocycles. The number of hydrogen-bond donors (Lipinski definition) is 1. The molecule has 212 valence electrons. The minimum Gasteiger partial charge on any atom is -0.490 e. The third kappa shape index (κ3) is 5.69. The summed E-state index contributed by atoms with van der Waals surface area (Å²) < 4.78 is 13.4. The molecule has 0 radical (unpaired) electrons. The number of aliphatic hydroxyl groups is 1. The van der Waals surface area contributed by atoms with Crippen LogP contribution in [0.3, 0.4) is 0 Å². The van der Waals surface area contributed by atoms with Gasteiger partial charge in [-0.3, -0.25) is 9.58 Å². The lowest BCUT2D eigenvalue weighted by Crippen LogP contribution is -2.37. The molecule has 8 heteroatoms. The standard InChI is InChI=1S/C33H34ClN3O4/c1-21-28(34)10-6-12-30(21)40-13-14-41-32(38)37-20-23-16-27(23)31-26(9-5-11-29(31)37)24-17-35-36(19-24)18-22-7-4-8-25(15-22)33(2,3)39/h4-12,15,17,19,23,27,39H,13-14,16,18,20H2,1-3H3/t23-,27-/m0/s1. The second-order valence-corrected chi connectivity index (χ2v) is 11.9. The molecule has 2 aliphatic rings. The van der Waals surface area contributed by atoms with Crippen molar-refractivity contribution >= 4 is 23.4 Å². The van der Waals surface area contributed by atoms with E-state index in [2.05, 4.69) is 17.4 Å². The zero-order chi connectivity index (χ0) is 28.7. The zero-order valence-electron chi connectivity index (χ0n) is 23.5. The average molecular weight is 572 g/mol. The van der Waals surface area contributed by atoms with Crippen molar-refractivity contribution in [2.24, 2.45) is 5.92 Å². The summed E-state index contributed by atoms with van der Waals surface area (Å²) in [5, 5.41) is 15.7. The van der Waals surface area contributed by atoms with Crippen LogP contribution in [0.5, 0.6) is 5.75 Å². The van der Waals surface area contributed by atoms with Crippen LogP contribution in [-0.2, 0) is 16.9 Å². The largest absolute Gasteiger partial charge is 0.490 e. The number of halogens is 1. The fraction of sp³-hybridized carbons (Fsp3) is 0.333. The maximum atomic E-state index is 13.2. The van der Waals surface area contributed by atoms with Crippen LogP contribution in [0.4, 0.5) is 10.5 Å². The van der Waals surface area contributed by atoms with E-state index in [1.54, 1.807) is 18.7 Å². The lowest BCUT2D eigenvalue weighted by molar-refractivity contribution is 0.0785. The quantitative estimate of drug-likeness (QED) is 0.232. The van der Waals surface area contributed by atoms with Gasteiger partial charge in [0.2, 0.25) is 0 Å². The van der Waals surface area contributed by atoms with Crippen LogP contribution in [-0.4, -0.2) is 40.7 Å². The van der Waals surface area contributed by atoms with Crippen molar-refractivity contribution in [3.8, 4) is 16.9 Å². The maximum absolute atomic E-state index is 13.2. The van der Waals surface area contributed by atoms with Crippen molar-refractivity contribution in [3.63, 3.8) is 0 Å². The lowest BCUT2D eigenvalue weighted by atomic mass is 9.93. The highest BCUT2D eigenvalue weighted by atomic mass is 35.5. The summed E-state index contributed by atoms with van der Waals surface area (Å²) in [4.78, 5) is 15.0. The summed E-state index contributed by atoms with van der Waals surface area (Å²) in [6.07, 6.45) is 4.64. The Morgan fingerprint density at radius 1 is 1.12 bits per heavy atom. The molecular formula is C33H34ClN3O4. The van der Waals surface area contributed by atoms with Crippen LogP contribution < -0.4 is 9.64 Å². The van der Waals surface area contributed by atoms with Gasteiger partial charge in [-0.25, -0.2) is 4.79 Å². The Hall–Kier alpha value is -3.81. The summed E-state index contributed by atoms with van der Waals surface area (Å²) in [7, 11) is 0. The van der Waals surface area contributed by atoms with Gasteiger partial charge in [0, 0.05) is 28.9 Å². The van der Waals surface area contributed by atoms with Crippen molar-refractivity contribution in [1.82, 2.24) is 9.78 Å². The van der Waals surface area contributed by atoms with Gasteiger partial charge in [-0.15, -0.1) is 0 Å². The molecule has 1 N–H and O–H groups in total. The first-order valence-corrected chi connectivity index (χ1v) is 14.4. The molecule has 0 saturated heterocycles. The molecule has 1 fully saturated rings. The predicted molar refractivity (Wildman–Crippen MR) is 160 cm³/mol. The summed E-state index contributed by atoms with van der Waals surface area (Å²) in [6.45, 7) is 7.12. The van der Waals surface area contributed by atoms with Gasteiger partial charge in [0.25, 0.3) is 0 Å². The van der Waals surface area contributed by atoms with Gasteiger partial charge in [0.15, 0.2) is 0 Å². The molecule has 1 saturated carbocycles. The molecule has 6 rings (SSSR count). The third-order valence-electron chi connectivity index (χ3n) is 8.01. The summed E-state index contributed by atoms with van der Waals surface area (Å²) in [6, 6.07) is 19.6. The van der Waals surface area contributed by atoms with Gasteiger partial charge < -0.3 is 14.6 Å². The molecule has 1 aromatic heterocycles. The van der Waals surface area contributed by atoms with E-state index in [0.717, 1.165) is 39.9 Å². The van der Waals surface area contributed by atoms with Gasteiger partial charge in [-0.1, -0.05) is 54.1 Å². The summed E-state index contributed by atoms with van der Waals surface area (Å²) in [5.74, 6) is 1.56. The molecule has 4 aromatic rings. The van der Waals surface area contributed by atoms with Crippen LogP contribution in [0.2, 0.25) is 5.02 Å². The number of benzene rings is 3. The van der Waals surface area contributed by atoms with Gasteiger partial charge >= 0.3 is 6.09 Å². The molecule has 0 spiro atoms. The highest BCUT2D eigenvalue weighted by Gasteiger charge is 2.48. The van der Waals surface area contributed by atoms with Gasteiger partial charge in [-0.05, 0) is 79.5 Å². The smallest absolute Gasteiger partial charge is 0.414 e. The van der Waals surface area contributed by atoms with E-state index in [-0.39, 0.29) is 19.3 Å². The van der Waals surface area contributed by atoms with E-state index in [0.29, 0.717) is 35.7 Å². The van der Waals surface area contributed by atoms with Crippen molar-refractivity contribution in [1.29, 1.82) is 0 Å². The number of nitrogens with zero attached hydrogens (tertiary/aromatic N) is 3. The van der Waals surface area contributed by atoms with Crippen molar-refractivity contribution in [2.75, 3.05) is 24.7 Å². The molecule has 3 aromatic carbocycles. The SMILES string of the molecule is Cc1c(Cl)cccc1OCCOC(=O)N1C[C@@H]2C[C@@H]2c2c(-c3cnn(Cc4cccc(C(C)(C)O)c4)c3)cccc21. The Morgan fingerprint density at radius 3 is 2.76 bits per heavy atom. The van der Waals surface area contributed by atoms with Gasteiger partial charge in [0.1, 0.15) is 19.0 Å². The van der Waals surface area contributed by atoms with E-state index in [4.69, 9.17) is 21.1 Å². The molecular weight excluding hydrogens is 538 g/mol. The van der Waals surface area contributed by atoms with E-state index in [1.165, 1.54) is 5.56 Å². The van der Waals surface area contributed by atoms with Crippen LogP contribution >= 0.6 is 11.6 Å². The first-order valence-electron chi connectivity index (χ1n) is 14.0. The van der Waals surface area contributed by atoms with Crippen molar-refractivity contribution in [2.45, 2.75) is 45.3 Å². The molecule has 0 unspecified atom stereocenters. The Morgan fingerprint density at radius 2 is 1.93 bits per heavy atom. The van der Waals surface area contributed by atoms with Crippen molar-refractivity contribution in [3.05, 3.63) is 100 Å². The number of aromatic nitrogens is 2. The summed E-state index contributed by atoms with van der Waals surface area (Å²) >= 11 is 6.17.